The molecule has 0 aliphatic rings. The van der Waals surface area contributed by atoms with Gasteiger partial charge in [0.25, 0.3) is 0 Å². The van der Waals surface area contributed by atoms with E-state index >= 15 is 0 Å². The average Bonchev–Trinajstić information content (AvgIpc) is 3.26. The Morgan fingerprint density at radius 2 is 0.892 bits per heavy atom. The van der Waals surface area contributed by atoms with Gasteiger partial charge in [-0.3, -0.25) is 28.8 Å². The number of carboxylic acid groups (broad SMARTS) is 2. The SMILES string of the molecule is CC(=O)CC[C@H](NC(=O)COCCOCCNC(=O)COCCOCCNC(=O)CCCNC(=O)CC[C@@H](C=O)NC(=O)CCCCCCCCCCCCCCCCC(=O)O)C(=O)O. The van der Waals surface area contributed by atoms with E-state index in [1.807, 2.05) is 0 Å². The second kappa shape index (κ2) is 43.4. The lowest BCUT2D eigenvalue weighted by molar-refractivity contribution is -0.143. The monoisotopic (exact) mass is 930 g/mol. The first kappa shape index (κ1) is 60.5. The van der Waals surface area contributed by atoms with Crippen molar-refractivity contribution in [2.45, 2.75) is 160 Å². The number of carbonyl (C=O) groups excluding carboxylic acids is 7. The number of aliphatic carboxylic acids is 2. The maximum Gasteiger partial charge on any atom is 0.326 e. The predicted octanol–water partition coefficient (Wildman–Crippen LogP) is 2.91. The Hall–Kier alpha value is -4.53. The number of carboxylic acids is 2. The van der Waals surface area contributed by atoms with Crippen LogP contribution >= 0.6 is 0 Å². The summed E-state index contributed by atoms with van der Waals surface area (Å²) in [6, 6.07) is -1.90. The van der Waals surface area contributed by atoms with Gasteiger partial charge in [-0.1, -0.05) is 77.0 Å². The molecule has 7 N–H and O–H groups in total. The lowest BCUT2D eigenvalue weighted by atomic mass is 10.0. The number of aldehydes is 1. The highest BCUT2D eigenvalue weighted by atomic mass is 16.5. The van der Waals surface area contributed by atoms with Crippen molar-refractivity contribution in [1.82, 2.24) is 26.6 Å². The number of ether oxygens (including phenoxy) is 4. The molecular formula is C45H79N5O15. The van der Waals surface area contributed by atoms with Crippen LogP contribution in [-0.4, -0.2) is 148 Å². The zero-order chi connectivity index (χ0) is 48.2. The van der Waals surface area contributed by atoms with E-state index in [1.165, 1.54) is 51.9 Å². The molecule has 2 atom stereocenters. The number of hydrogen-bond acceptors (Lipinski definition) is 13. The Morgan fingerprint density at radius 1 is 0.446 bits per heavy atom. The molecule has 0 aromatic rings. The fourth-order valence-corrected chi connectivity index (χ4v) is 6.26. The third kappa shape index (κ3) is 43.1. The van der Waals surface area contributed by atoms with Crippen LogP contribution in [0.25, 0.3) is 0 Å². The van der Waals surface area contributed by atoms with E-state index in [0.29, 0.717) is 25.7 Å². The summed E-state index contributed by atoms with van der Waals surface area (Å²) in [5.74, 6) is -3.76. The molecule has 0 saturated carbocycles. The zero-order valence-electron chi connectivity index (χ0n) is 38.8. The van der Waals surface area contributed by atoms with Gasteiger partial charge >= 0.3 is 11.9 Å². The van der Waals surface area contributed by atoms with Crippen LogP contribution in [0.3, 0.4) is 0 Å². The summed E-state index contributed by atoms with van der Waals surface area (Å²) < 4.78 is 21.1. The van der Waals surface area contributed by atoms with Gasteiger partial charge in [0.05, 0.1) is 45.7 Å². The summed E-state index contributed by atoms with van der Waals surface area (Å²) in [6.45, 7) is 2.61. The van der Waals surface area contributed by atoms with Crippen LogP contribution in [0.2, 0.25) is 0 Å². The Morgan fingerprint density at radius 3 is 1.40 bits per heavy atom. The van der Waals surface area contributed by atoms with Crippen LogP contribution < -0.4 is 26.6 Å². The molecule has 65 heavy (non-hydrogen) atoms. The first-order valence-corrected chi connectivity index (χ1v) is 23.4. The molecule has 0 saturated heterocycles. The van der Waals surface area contributed by atoms with Crippen molar-refractivity contribution >= 4 is 53.5 Å². The standard InChI is InChI=1S/C45H79N5O15/c1-36(52)20-22-38(45(60)61)50-43(57)35-65-32-30-63-28-26-48-42(56)34-64-31-29-62-27-25-47-39(53)18-16-24-46-40(54)23-21-37(33-51)49-41(55)17-14-12-10-8-6-4-2-3-5-7-9-11-13-15-19-44(58)59/h33,37-38H,2-32,34-35H2,1H3,(H,46,54)(H,47,53)(H,48,56)(H,49,55)(H,50,57)(H,58,59)(H,60,61)/t37-,38-/m0/s1. The van der Waals surface area contributed by atoms with Gasteiger partial charge in [0.15, 0.2) is 0 Å². The van der Waals surface area contributed by atoms with Crippen LogP contribution in [-0.2, 0) is 62.1 Å². The van der Waals surface area contributed by atoms with Crippen molar-refractivity contribution in [3.63, 3.8) is 0 Å². The Labute approximate surface area is 384 Å². The van der Waals surface area contributed by atoms with E-state index in [1.54, 1.807) is 0 Å². The topological polar surface area (TPSA) is 291 Å². The largest absolute Gasteiger partial charge is 0.481 e. The van der Waals surface area contributed by atoms with Crippen molar-refractivity contribution in [2.75, 3.05) is 72.5 Å². The van der Waals surface area contributed by atoms with Crippen molar-refractivity contribution in [2.24, 2.45) is 0 Å². The quantitative estimate of drug-likeness (QED) is 0.0341. The van der Waals surface area contributed by atoms with Gasteiger partial charge in [0, 0.05) is 51.7 Å². The fraction of sp³-hybridized carbons (Fsp3) is 0.800. The Bertz CT molecular complexity index is 1350. The summed E-state index contributed by atoms with van der Waals surface area (Å²) in [5.41, 5.74) is 0. The van der Waals surface area contributed by atoms with E-state index in [-0.39, 0.29) is 134 Å². The molecule has 374 valence electrons. The van der Waals surface area contributed by atoms with E-state index < -0.39 is 29.9 Å². The minimum atomic E-state index is -1.23. The number of Topliss-reactive ketones (excluding diaryl/α,β-unsaturated/α-hetero) is 1. The van der Waals surface area contributed by atoms with Gasteiger partial charge in [-0.25, -0.2) is 4.79 Å². The number of amides is 5. The lowest BCUT2D eigenvalue weighted by Gasteiger charge is -2.14. The van der Waals surface area contributed by atoms with Crippen LogP contribution in [0.1, 0.15) is 148 Å². The lowest BCUT2D eigenvalue weighted by Crippen LogP contribution is -2.42. The Kier molecular flexibility index (Phi) is 40.3. The maximum atomic E-state index is 12.3. The van der Waals surface area contributed by atoms with Gasteiger partial charge in [-0.2, -0.15) is 0 Å². The maximum absolute atomic E-state index is 12.3. The molecule has 0 aromatic heterocycles. The molecular weight excluding hydrogens is 851 g/mol. The summed E-state index contributed by atoms with van der Waals surface area (Å²) in [4.78, 5) is 105. The molecule has 0 bridgehead atoms. The molecule has 0 fully saturated rings. The van der Waals surface area contributed by atoms with Gasteiger partial charge in [-0.15, -0.1) is 0 Å². The highest BCUT2D eigenvalue weighted by molar-refractivity contribution is 5.85. The van der Waals surface area contributed by atoms with Crippen LogP contribution in [0, 0.1) is 0 Å². The number of unbranched alkanes of at least 4 members (excludes halogenated alkanes) is 13. The van der Waals surface area contributed by atoms with E-state index in [4.69, 9.17) is 29.2 Å². The molecule has 0 radical (unpaired) electrons. The summed E-state index contributed by atoms with van der Waals surface area (Å²) in [7, 11) is 0. The molecule has 0 spiro atoms. The fourth-order valence-electron chi connectivity index (χ4n) is 6.26. The number of ketones is 1. The van der Waals surface area contributed by atoms with Crippen LogP contribution in [0.15, 0.2) is 0 Å². The van der Waals surface area contributed by atoms with Crippen molar-refractivity contribution in [1.29, 1.82) is 0 Å². The summed E-state index contributed by atoms with van der Waals surface area (Å²) in [6.07, 6.45) is 17.5. The van der Waals surface area contributed by atoms with Gasteiger partial charge in [0.2, 0.25) is 29.5 Å². The molecule has 0 rings (SSSR count). The Balaban J connectivity index is 3.65. The van der Waals surface area contributed by atoms with Gasteiger partial charge in [0.1, 0.15) is 31.3 Å². The van der Waals surface area contributed by atoms with Crippen molar-refractivity contribution < 1.29 is 72.3 Å². The number of hydrogen-bond donors (Lipinski definition) is 7. The molecule has 20 nitrogen and oxygen atoms in total. The van der Waals surface area contributed by atoms with E-state index in [2.05, 4.69) is 26.6 Å². The number of rotatable bonds is 47. The third-order valence-corrected chi connectivity index (χ3v) is 9.91. The highest BCUT2D eigenvalue weighted by Crippen LogP contribution is 2.14. The van der Waals surface area contributed by atoms with Crippen LogP contribution in [0.5, 0.6) is 0 Å². The molecule has 0 aliphatic carbocycles. The first-order valence-electron chi connectivity index (χ1n) is 23.4. The molecule has 20 heteroatoms. The smallest absolute Gasteiger partial charge is 0.326 e. The van der Waals surface area contributed by atoms with E-state index in [0.717, 1.165) is 44.9 Å². The minimum Gasteiger partial charge on any atom is -0.481 e. The molecule has 0 heterocycles. The summed E-state index contributed by atoms with van der Waals surface area (Å²) in [5, 5.41) is 30.9. The molecule has 0 unspecified atom stereocenters. The number of nitrogens with one attached hydrogen (secondary N) is 5. The minimum absolute atomic E-state index is 0.00596. The zero-order valence-corrected chi connectivity index (χ0v) is 38.8. The second-order valence-electron chi connectivity index (χ2n) is 15.9. The molecule has 0 aliphatic heterocycles. The molecule has 0 aromatic carbocycles. The van der Waals surface area contributed by atoms with Crippen molar-refractivity contribution in [3.8, 4) is 0 Å². The van der Waals surface area contributed by atoms with Gasteiger partial charge in [-0.05, 0) is 39.0 Å². The first-order chi connectivity index (χ1) is 31.3. The highest BCUT2D eigenvalue weighted by Gasteiger charge is 2.20. The predicted molar refractivity (Wildman–Crippen MR) is 240 cm³/mol. The molecule has 5 amide bonds. The second-order valence-corrected chi connectivity index (χ2v) is 15.9. The average molecular weight is 930 g/mol. The van der Waals surface area contributed by atoms with E-state index in [9.17, 15) is 43.2 Å². The van der Waals surface area contributed by atoms with Crippen molar-refractivity contribution in [3.05, 3.63) is 0 Å². The van der Waals surface area contributed by atoms with Gasteiger partial charge < -0.3 is 65.3 Å². The normalized spacial score (nSPS) is 11.8. The number of carbonyl (C=O) groups is 9. The third-order valence-electron chi connectivity index (χ3n) is 9.91. The summed E-state index contributed by atoms with van der Waals surface area (Å²) >= 11 is 0. The van der Waals surface area contributed by atoms with Crippen LogP contribution in [0.4, 0.5) is 0 Å².